The lowest BCUT2D eigenvalue weighted by atomic mass is 9.90. The molecule has 1 aliphatic heterocycles. The molecule has 0 spiro atoms. The molecule has 1 saturated heterocycles. The van der Waals surface area contributed by atoms with Crippen molar-refractivity contribution in [1.29, 1.82) is 0 Å². The number of ether oxygens (including phenoxy) is 1. The van der Waals surface area contributed by atoms with Crippen molar-refractivity contribution >= 4 is 23.2 Å². The van der Waals surface area contributed by atoms with Crippen LogP contribution in [0.15, 0.2) is 54.6 Å². The average molecular weight is 429 g/mol. The lowest BCUT2D eigenvalue weighted by Crippen LogP contribution is -2.53. The summed E-state index contributed by atoms with van der Waals surface area (Å²) in [5.41, 5.74) is 1.43. The zero-order valence-corrected chi connectivity index (χ0v) is 17.9. The molecule has 2 aliphatic rings. The van der Waals surface area contributed by atoms with Crippen LogP contribution in [0.2, 0.25) is 0 Å². The smallest absolute Gasteiger partial charge is 0.237 e. The van der Waals surface area contributed by atoms with Crippen LogP contribution in [-0.2, 0) is 11.4 Å². The highest BCUT2D eigenvalue weighted by Gasteiger charge is 2.40. The van der Waals surface area contributed by atoms with Gasteiger partial charge in [-0.2, -0.15) is 0 Å². The maximum absolute atomic E-state index is 12.1. The van der Waals surface area contributed by atoms with E-state index < -0.39 is 5.60 Å². The first-order valence-electron chi connectivity index (χ1n) is 10.7. The molecular formula is C24H29ClN2O3. The Kier molecular flexibility index (Phi) is 6.49. The molecule has 1 aliphatic carbocycles. The number of benzene rings is 2. The van der Waals surface area contributed by atoms with Gasteiger partial charge in [0.25, 0.3) is 0 Å². The van der Waals surface area contributed by atoms with Crippen LogP contribution in [0.25, 0.3) is 0 Å². The van der Waals surface area contributed by atoms with Crippen molar-refractivity contribution in [3.8, 4) is 5.75 Å². The van der Waals surface area contributed by atoms with Crippen LogP contribution in [0.1, 0.15) is 31.2 Å². The van der Waals surface area contributed by atoms with Crippen molar-refractivity contribution in [2.24, 2.45) is 0 Å². The van der Waals surface area contributed by atoms with Gasteiger partial charge in [-0.1, -0.05) is 30.3 Å². The van der Waals surface area contributed by atoms with Crippen LogP contribution in [0, 0.1) is 0 Å². The summed E-state index contributed by atoms with van der Waals surface area (Å²) in [7, 11) is 0. The number of amides is 1. The number of hydrogen-bond acceptors (Lipinski definition) is 4. The van der Waals surface area contributed by atoms with Gasteiger partial charge in [0, 0.05) is 31.4 Å². The van der Waals surface area contributed by atoms with E-state index in [9.17, 15) is 9.90 Å². The van der Waals surface area contributed by atoms with Crippen molar-refractivity contribution in [2.75, 3.05) is 30.4 Å². The Morgan fingerprint density at radius 1 is 1.10 bits per heavy atom. The summed E-state index contributed by atoms with van der Waals surface area (Å²) in [6, 6.07) is 18.5. The Balaban J connectivity index is 1.29. The van der Waals surface area contributed by atoms with Gasteiger partial charge in [0.15, 0.2) is 0 Å². The summed E-state index contributed by atoms with van der Waals surface area (Å²) in [6.45, 7) is 2.46. The molecule has 0 radical (unpaired) electrons. The summed E-state index contributed by atoms with van der Waals surface area (Å²) < 4.78 is 5.87. The van der Waals surface area contributed by atoms with Crippen LogP contribution in [0.3, 0.4) is 0 Å². The van der Waals surface area contributed by atoms with Crippen LogP contribution < -0.4 is 9.64 Å². The minimum absolute atomic E-state index is 0.0165. The molecule has 2 fully saturated rings. The second-order valence-electron chi connectivity index (χ2n) is 8.37. The molecule has 1 amide bonds. The molecule has 0 atom stereocenters. The van der Waals surface area contributed by atoms with Gasteiger partial charge >= 0.3 is 0 Å². The van der Waals surface area contributed by atoms with Crippen LogP contribution in [-0.4, -0.2) is 53.1 Å². The van der Waals surface area contributed by atoms with E-state index in [-0.39, 0.29) is 17.8 Å². The minimum atomic E-state index is -0.834. The summed E-state index contributed by atoms with van der Waals surface area (Å²) in [4.78, 5) is 16.2. The first-order chi connectivity index (χ1) is 14.6. The van der Waals surface area contributed by atoms with E-state index in [4.69, 9.17) is 16.3 Å². The van der Waals surface area contributed by atoms with Crippen molar-refractivity contribution in [2.45, 2.75) is 43.9 Å². The highest BCUT2D eigenvalue weighted by molar-refractivity contribution is 6.27. The van der Waals surface area contributed by atoms with Crippen molar-refractivity contribution in [3.63, 3.8) is 0 Å². The SMILES string of the molecule is O=C(CCl)N(CC1(O)CCN(c2ccc(OCc3ccccc3)cc2)CC1)C1CC1. The lowest BCUT2D eigenvalue weighted by molar-refractivity contribution is -0.133. The zero-order chi connectivity index (χ0) is 21.0. The Morgan fingerprint density at radius 3 is 2.37 bits per heavy atom. The van der Waals surface area contributed by atoms with Gasteiger partial charge in [-0.05, 0) is 55.5 Å². The Morgan fingerprint density at radius 2 is 1.77 bits per heavy atom. The predicted octanol–water partition coefficient (Wildman–Crippen LogP) is 3.83. The molecule has 30 heavy (non-hydrogen) atoms. The Labute approximate surface area is 183 Å². The molecule has 2 aromatic rings. The van der Waals surface area contributed by atoms with Crippen LogP contribution in [0.5, 0.6) is 5.75 Å². The van der Waals surface area contributed by atoms with Gasteiger partial charge in [-0.3, -0.25) is 4.79 Å². The predicted molar refractivity (Wildman–Crippen MR) is 119 cm³/mol. The van der Waals surface area contributed by atoms with E-state index in [1.54, 1.807) is 4.90 Å². The van der Waals surface area contributed by atoms with E-state index in [1.807, 2.05) is 42.5 Å². The molecule has 0 bridgehead atoms. The fourth-order valence-electron chi connectivity index (χ4n) is 4.03. The van der Waals surface area contributed by atoms with Gasteiger partial charge in [0.1, 0.15) is 18.2 Å². The average Bonchev–Trinajstić information content (AvgIpc) is 3.63. The Hall–Kier alpha value is -2.24. The molecule has 160 valence electrons. The maximum atomic E-state index is 12.1. The van der Waals surface area contributed by atoms with Gasteiger partial charge in [-0.15, -0.1) is 11.6 Å². The third-order valence-corrected chi connectivity index (χ3v) is 6.26. The van der Waals surface area contributed by atoms with Crippen molar-refractivity contribution < 1.29 is 14.6 Å². The van der Waals surface area contributed by atoms with Gasteiger partial charge in [0.05, 0.1) is 5.60 Å². The number of anilines is 1. The zero-order valence-electron chi connectivity index (χ0n) is 17.2. The van der Waals surface area contributed by atoms with Gasteiger partial charge < -0.3 is 19.6 Å². The summed E-state index contributed by atoms with van der Waals surface area (Å²) in [6.07, 6.45) is 3.31. The fraction of sp³-hybridized carbons (Fsp3) is 0.458. The third kappa shape index (κ3) is 5.27. The molecule has 2 aromatic carbocycles. The van der Waals surface area contributed by atoms with E-state index in [0.29, 0.717) is 26.0 Å². The summed E-state index contributed by atoms with van der Waals surface area (Å²) >= 11 is 5.76. The summed E-state index contributed by atoms with van der Waals surface area (Å²) in [5.74, 6) is 0.758. The summed E-state index contributed by atoms with van der Waals surface area (Å²) in [5, 5.41) is 11.1. The van der Waals surface area contributed by atoms with Crippen molar-refractivity contribution in [1.82, 2.24) is 4.90 Å². The van der Waals surface area contributed by atoms with Crippen LogP contribution in [0.4, 0.5) is 5.69 Å². The maximum Gasteiger partial charge on any atom is 0.237 e. The van der Waals surface area contributed by atoms with E-state index >= 15 is 0 Å². The molecule has 0 aromatic heterocycles. The number of alkyl halides is 1. The number of piperidine rings is 1. The molecule has 0 unspecified atom stereocenters. The number of carbonyl (C=O) groups excluding carboxylic acids is 1. The number of hydrogen-bond donors (Lipinski definition) is 1. The molecule has 5 nitrogen and oxygen atoms in total. The van der Waals surface area contributed by atoms with E-state index in [0.717, 1.165) is 42.9 Å². The molecule has 6 heteroatoms. The van der Waals surface area contributed by atoms with E-state index in [1.165, 1.54) is 0 Å². The van der Waals surface area contributed by atoms with Crippen LogP contribution >= 0.6 is 11.6 Å². The number of carbonyl (C=O) groups is 1. The largest absolute Gasteiger partial charge is 0.489 e. The van der Waals surface area contributed by atoms with Gasteiger partial charge in [-0.25, -0.2) is 0 Å². The highest BCUT2D eigenvalue weighted by atomic mass is 35.5. The fourth-order valence-corrected chi connectivity index (χ4v) is 4.19. The third-order valence-electron chi connectivity index (χ3n) is 6.03. The monoisotopic (exact) mass is 428 g/mol. The molecule has 4 rings (SSSR count). The Bertz CT molecular complexity index is 831. The number of rotatable bonds is 8. The molecular weight excluding hydrogens is 400 g/mol. The first kappa shape index (κ1) is 21.0. The quantitative estimate of drug-likeness (QED) is 0.649. The van der Waals surface area contributed by atoms with E-state index in [2.05, 4.69) is 17.0 Å². The van der Waals surface area contributed by atoms with Gasteiger partial charge in [0.2, 0.25) is 5.91 Å². The topological polar surface area (TPSA) is 53.0 Å². The number of halogens is 1. The normalized spacial score (nSPS) is 18.1. The second-order valence-corrected chi connectivity index (χ2v) is 8.63. The van der Waals surface area contributed by atoms with Crippen molar-refractivity contribution in [3.05, 3.63) is 60.2 Å². The highest BCUT2D eigenvalue weighted by Crippen LogP contribution is 2.33. The molecule has 1 saturated carbocycles. The standard InChI is InChI=1S/C24H29ClN2O3/c25-16-23(28)27(21-6-7-21)18-24(29)12-14-26(15-13-24)20-8-10-22(11-9-20)30-17-19-4-2-1-3-5-19/h1-5,8-11,21,29H,6-7,12-18H2. The molecule has 1 N–H and O–H groups in total. The minimum Gasteiger partial charge on any atom is -0.489 e. The second kappa shape index (κ2) is 9.27. The lowest BCUT2D eigenvalue weighted by Gasteiger charge is -2.42. The number of nitrogens with zero attached hydrogens (tertiary/aromatic N) is 2. The number of aliphatic hydroxyl groups is 1. The molecule has 1 heterocycles. The first-order valence-corrected chi connectivity index (χ1v) is 11.2.